The third kappa shape index (κ3) is 3.68. The van der Waals surface area contributed by atoms with Gasteiger partial charge < -0.3 is 0 Å². The summed E-state index contributed by atoms with van der Waals surface area (Å²) in [4.78, 5) is 0. The molecule has 18 heavy (non-hydrogen) atoms. The Morgan fingerprint density at radius 2 is 2.00 bits per heavy atom. The minimum absolute atomic E-state index is 0.146. The quantitative estimate of drug-likeness (QED) is 0.424. The van der Waals surface area contributed by atoms with E-state index >= 15 is 0 Å². The minimum Gasteiger partial charge on any atom is -0.207 e. The van der Waals surface area contributed by atoms with Gasteiger partial charge in [0, 0.05) is 8.04 Å². The Bertz CT molecular complexity index is 559. The summed E-state index contributed by atoms with van der Waals surface area (Å²) >= 11 is 12.0. The molecule has 1 atom stereocenters. The zero-order chi connectivity index (χ0) is 13.1. The lowest BCUT2D eigenvalue weighted by molar-refractivity contribution is 0.625. The first-order chi connectivity index (χ1) is 8.56. The summed E-state index contributed by atoms with van der Waals surface area (Å²) in [6.07, 6.45) is 0.725. The van der Waals surface area contributed by atoms with Crippen LogP contribution in [0, 0.1) is 9.39 Å². The van der Waals surface area contributed by atoms with Crippen LogP contribution in [0.2, 0.25) is 0 Å². The van der Waals surface area contributed by atoms with Gasteiger partial charge in [-0.2, -0.15) is 0 Å². The van der Waals surface area contributed by atoms with Gasteiger partial charge in [-0.15, -0.1) is 11.6 Å². The maximum absolute atomic E-state index is 13.0. The Hall–Kier alpha value is -0.130. The van der Waals surface area contributed by atoms with Crippen LogP contribution < -0.4 is 0 Å². The van der Waals surface area contributed by atoms with Crippen molar-refractivity contribution in [1.82, 2.24) is 0 Å². The summed E-state index contributed by atoms with van der Waals surface area (Å²) in [7, 11) is 0. The van der Waals surface area contributed by atoms with Crippen LogP contribution in [0.1, 0.15) is 16.5 Å². The molecule has 0 aliphatic carbocycles. The summed E-state index contributed by atoms with van der Waals surface area (Å²) in [6.45, 7) is 0. The summed E-state index contributed by atoms with van der Waals surface area (Å²) in [5, 5.41) is -0.146. The fraction of sp³-hybridized carbons (Fsp3) is 0.143. The van der Waals surface area contributed by atoms with Gasteiger partial charge in [-0.1, -0.05) is 34.1 Å². The van der Waals surface area contributed by atoms with Crippen molar-refractivity contribution >= 4 is 50.1 Å². The molecule has 0 spiro atoms. The van der Waals surface area contributed by atoms with E-state index in [2.05, 4.69) is 38.5 Å². The van der Waals surface area contributed by atoms with E-state index in [1.54, 1.807) is 6.07 Å². The van der Waals surface area contributed by atoms with Gasteiger partial charge in [-0.3, -0.25) is 0 Å². The van der Waals surface area contributed by atoms with Crippen LogP contribution in [-0.2, 0) is 6.42 Å². The monoisotopic (exact) mass is 438 g/mol. The Labute approximate surface area is 133 Å². The second-order valence-corrected chi connectivity index (χ2v) is 6.57. The van der Waals surface area contributed by atoms with Crippen LogP contribution in [-0.4, -0.2) is 0 Å². The second kappa shape index (κ2) is 6.35. The Morgan fingerprint density at radius 3 is 2.67 bits per heavy atom. The molecule has 0 fully saturated rings. The fourth-order valence-corrected chi connectivity index (χ4v) is 3.59. The largest absolute Gasteiger partial charge is 0.207 e. The highest BCUT2D eigenvalue weighted by molar-refractivity contribution is 14.1. The van der Waals surface area contributed by atoms with E-state index in [9.17, 15) is 4.39 Å². The standard InChI is InChI=1S/C14H10BrClFI/c15-10-3-1-2-9(6-10)7-13(16)12-5-4-11(17)8-14(12)18/h1-6,8,13H,7H2. The molecule has 0 N–H and O–H groups in total. The van der Waals surface area contributed by atoms with Gasteiger partial charge >= 0.3 is 0 Å². The molecule has 0 bridgehead atoms. The van der Waals surface area contributed by atoms with Crippen molar-refractivity contribution in [2.24, 2.45) is 0 Å². The second-order valence-electron chi connectivity index (χ2n) is 3.97. The van der Waals surface area contributed by atoms with E-state index in [4.69, 9.17) is 11.6 Å². The van der Waals surface area contributed by atoms with Crippen molar-refractivity contribution in [3.8, 4) is 0 Å². The van der Waals surface area contributed by atoms with Gasteiger partial charge in [-0.25, -0.2) is 4.39 Å². The van der Waals surface area contributed by atoms with Crippen molar-refractivity contribution in [1.29, 1.82) is 0 Å². The SMILES string of the molecule is Fc1ccc(C(Cl)Cc2cccc(Br)c2)c(I)c1. The molecule has 0 aromatic heterocycles. The molecule has 94 valence electrons. The normalized spacial score (nSPS) is 12.4. The predicted octanol–water partition coefficient (Wildman–Crippen LogP) is 5.72. The van der Waals surface area contributed by atoms with Crippen molar-refractivity contribution in [2.75, 3.05) is 0 Å². The maximum atomic E-state index is 13.0. The molecule has 1 unspecified atom stereocenters. The summed E-state index contributed by atoms with van der Waals surface area (Å²) in [6, 6.07) is 12.8. The molecule has 0 saturated heterocycles. The van der Waals surface area contributed by atoms with Gasteiger partial charge in [0.15, 0.2) is 0 Å². The topological polar surface area (TPSA) is 0 Å². The molecule has 0 amide bonds. The fourth-order valence-electron chi connectivity index (χ4n) is 1.74. The van der Waals surface area contributed by atoms with E-state index in [0.29, 0.717) is 0 Å². The van der Waals surface area contributed by atoms with Crippen LogP contribution >= 0.6 is 50.1 Å². The zero-order valence-corrected chi connectivity index (χ0v) is 13.8. The van der Waals surface area contributed by atoms with Crippen molar-refractivity contribution < 1.29 is 4.39 Å². The number of hydrogen-bond acceptors (Lipinski definition) is 0. The zero-order valence-electron chi connectivity index (χ0n) is 9.34. The molecule has 0 aliphatic rings. The lowest BCUT2D eigenvalue weighted by atomic mass is 10.0. The lowest BCUT2D eigenvalue weighted by Gasteiger charge is -2.12. The van der Waals surface area contributed by atoms with Gasteiger partial charge in [0.25, 0.3) is 0 Å². The highest BCUT2D eigenvalue weighted by Gasteiger charge is 2.13. The Morgan fingerprint density at radius 1 is 1.22 bits per heavy atom. The summed E-state index contributed by atoms with van der Waals surface area (Å²) < 4.78 is 14.9. The van der Waals surface area contributed by atoms with E-state index in [-0.39, 0.29) is 11.2 Å². The average Bonchev–Trinajstić information content (AvgIpc) is 2.28. The first-order valence-electron chi connectivity index (χ1n) is 5.40. The first-order valence-corrected chi connectivity index (χ1v) is 7.70. The Kier molecular flexibility index (Phi) is 5.04. The van der Waals surface area contributed by atoms with Gasteiger partial charge in [-0.05, 0) is 64.4 Å². The molecule has 0 saturated carbocycles. The van der Waals surface area contributed by atoms with Crippen LogP contribution in [0.5, 0.6) is 0 Å². The minimum atomic E-state index is -0.227. The van der Waals surface area contributed by atoms with Crippen LogP contribution in [0.4, 0.5) is 4.39 Å². The van der Waals surface area contributed by atoms with Crippen LogP contribution in [0.15, 0.2) is 46.9 Å². The third-order valence-electron chi connectivity index (χ3n) is 2.60. The van der Waals surface area contributed by atoms with Gasteiger partial charge in [0.2, 0.25) is 0 Å². The van der Waals surface area contributed by atoms with Crippen LogP contribution in [0.3, 0.4) is 0 Å². The molecule has 0 radical (unpaired) electrons. The van der Waals surface area contributed by atoms with E-state index in [1.165, 1.54) is 12.1 Å². The van der Waals surface area contributed by atoms with E-state index in [0.717, 1.165) is 25.6 Å². The molecule has 2 rings (SSSR count). The molecule has 2 aromatic carbocycles. The van der Waals surface area contributed by atoms with E-state index in [1.807, 2.05) is 24.3 Å². The van der Waals surface area contributed by atoms with E-state index < -0.39 is 0 Å². The number of halogens is 4. The highest BCUT2D eigenvalue weighted by Crippen LogP contribution is 2.29. The maximum Gasteiger partial charge on any atom is 0.124 e. The molecular formula is C14H10BrClFI. The number of rotatable bonds is 3. The number of hydrogen-bond donors (Lipinski definition) is 0. The molecule has 4 heteroatoms. The smallest absolute Gasteiger partial charge is 0.124 e. The van der Waals surface area contributed by atoms with Crippen molar-refractivity contribution in [3.63, 3.8) is 0 Å². The number of benzene rings is 2. The average molecular weight is 439 g/mol. The molecule has 2 aromatic rings. The first kappa shape index (κ1) is 14.3. The molecule has 0 nitrogen and oxygen atoms in total. The molecule has 0 aliphatic heterocycles. The van der Waals surface area contributed by atoms with Crippen molar-refractivity contribution in [3.05, 3.63) is 67.5 Å². The van der Waals surface area contributed by atoms with Gasteiger partial charge in [0.1, 0.15) is 5.82 Å². The molecule has 0 heterocycles. The summed E-state index contributed by atoms with van der Waals surface area (Å²) in [5.41, 5.74) is 2.13. The highest BCUT2D eigenvalue weighted by atomic mass is 127. The van der Waals surface area contributed by atoms with Crippen molar-refractivity contribution in [2.45, 2.75) is 11.8 Å². The van der Waals surface area contributed by atoms with Crippen LogP contribution in [0.25, 0.3) is 0 Å². The van der Waals surface area contributed by atoms with Gasteiger partial charge in [0.05, 0.1) is 5.38 Å². The lowest BCUT2D eigenvalue weighted by Crippen LogP contribution is -1.99. The Balaban J connectivity index is 2.19. The number of alkyl halides is 1. The molecular weight excluding hydrogens is 429 g/mol. The predicted molar refractivity (Wildman–Crippen MR) is 85.6 cm³/mol. The third-order valence-corrected chi connectivity index (χ3v) is 4.42. The summed E-state index contributed by atoms with van der Waals surface area (Å²) in [5.74, 6) is -0.227.